The highest BCUT2D eigenvalue weighted by Gasteiger charge is 2.18. The second kappa shape index (κ2) is 9.54. The van der Waals surface area contributed by atoms with Crippen LogP contribution in [0.2, 0.25) is 0 Å². The fourth-order valence-corrected chi connectivity index (χ4v) is 7.26. The number of nitrogens with one attached hydrogen (secondary N) is 1. The molecule has 6 rings (SSSR count). The van der Waals surface area contributed by atoms with Crippen LogP contribution in [-0.2, 0) is 12.8 Å². The summed E-state index contributed by atoms with van der Waals surface area (Å²) in [6, 6.07) is 16.2. The maximum Gasteiger partial charge on any atom is 0.260 e. The minimum atomic E-state index is -0.202. The Hall–Kier alpha value is -3.45. The summed E-state index contributed by atoms with van der Waals surface area (Å²) in [6.45, 7) is 0. The SMILES string of the molecule is N#C/C(=C(/O)CSc1nc2scc(-c3ccc4c(c3)CCCC4)c2c(=O)[nH]1)c1nc2ccccc2s1. The van der Waals surface area contributed by atoms with Crippen molar-refractivity contribution in [1.82, 2.24) is 15.0 Å². The molecule has 5 aromatic rings. The number of thiazole rings is 1. The summed E-state index contributed by atoms with van der Waals surface area (Å²) in [5.74, 6) is 0.00119. The number of H-pyrrole nitrogens is 1. The first-order valence-electron chi connectivity index (χ1n) is 11.6. The van der Waals surface area contributed by atoms with Crippen LogP contribution in [0.4, 0.5) is 0 Å². The van der Waals surface area contributed by atoms with E-state index in [0.29, 0.717) is 20.4 Å². The Balaban J connectivity index is 1.27. The van der Waals surface area contributed by atoms with Crippen LogP contribution in [0.25, 0.3) is 37.1 Å². The second-order valence-corrected chi connectivity index (χ2v) is 11.5. The number of para-hydroxylation sites is 1. The van der Waals surface area contributed by atoms with Crippen LogP contribution < -0.4 is 5.56 Å². The molecule has 178 valence electrons. The van der Waals surface area contributed by atoms with E-state index in [1.165, 1.54) is 58.4 Å². The Morgan fingerprint density at radius 3 is 2.81 bits per heavy atom. The summed E-state index contributed by atoms with van der Waals surface area (Å²) in [6.07, 6.45) is 4.64. The zero-order chi connectivity index (χ0) is 24.6. The Morgan fingerprint density at radius 1 is 1.14 bits per heavy atom. The molecule has 0 amide bonds. The number of aliphatic hydroxyl groups is 1. The molecule has 0 aliphatic heterocycles. The van der Waals surface area contributed by atoms with Crippen molar-refractivity contribution >= 4 is 60.4 Å². The first kappa shape index (κ1) is 23.0. The monoisotopic (exact) mass is 528 g/mol. The number of thiophene rings is 1. The van der Waals surface area contributed by atoms with E-state index in [4.69, 9.17) is 0 Å². The number of hydrogen-bond acceptors (Lipinski definition) is 8. The lowest BCUT2D eigenvalue weighted by molar-refractivity contribution is 0.420. The summed E-state index contributed by atoms with van der Waals surface area (Å²) in [4.78, 5) is 25.7. The summed E-state index contributed by atoms with van der Waals surface area (Å²) in [5.41, 5.74) is 5.45. The van der Waals surface area contributed by atoms with Crippen LogP contribution in [0, 0.1) is 11.3 Å². The lowest BCUT2D eigenvalue weighted by Crippen LogP contribution is -2.09. The highest BCUT2D eigenvalue weighted by atomic mass is 32.2. The third-order valence-electron chi connectivity index (χ3n) is 6.34. The number of allylic oxidation sites excluding steroid dienone is 1. The van der Waals surface area contributed by atoms with Crippen molar-refractivity contribution in [1.29, 1.82) is 5.26 Å². The maximum absolute atomic E-state index is 13.1. The van der Waals surface area contributed by atoms with Crippen LogP contribution in [0.5, 0.6) is 0 Å². The molecule has 9 heteroatoms. The number of fused-ring (bicyclic) bond motifs is 3. The van der Waals surface area contributed by atoms with Crippen molar-refractivity contribution in [2.75, 3.05) is 5.75 Å². The molecular formula is C27H20N4O2S3. The minimum Gasteiger partial charge on any atom is -0.510 e. The highest BCUT2D eigenvalue weighted by molar-refractivity contribution is 7.99. The third-order valence-corrected chi connectivity index (χ3v) is 9.15. The van der Waals surface area contributed by atoms with E-state index in [1.54, 1.807) is 0 Å². The number of aromatic nitrogens is 3. The van der Waals surface area contributed by atoms with E-state index in [1.807, 2.05) is 29.6 Å². The Bertz CT molecular complexity index is 1720. The molecule has 1 aliphatic rings. The molecule has 0 saturated carbocycles. The van der Waals surface area contributed by atoms with Gasteiger partial charge in [-0.1, -0.05) is 42.1 Å². The molecule has 0 atom stereocenters. The Morgan fingerprint density at radius 2 is 1.97 bits per heavy atom. The van der Waals surface area contributed by atoms with Gasteiger partial charge in [0, 0.05) is 10.9 Å². The van der Waals surface area contributed by atoms with Crippen LogP contribution in [-0.4, -0.2) is 25.8 Å². The number of aromatic amines is 1. The Kier molecular flexibility index (Phi) is 6.09. The predicted octanol–water partition coefficient (Wildman–Crippen LogP) is 6.73. The number of nitrogens with zero attached hydrogens (tertiary/aromatic N) is 3. The fraction of sp³-hybridized carbons (Fsp3) is 0.185. The minimum absolute atomic E-state index is 0.0924. The quantitative estimate of drug-likeness (QED) is 0.114. The molecule has 2 aromatic carbocycles. The number of hydrogen-bond donors (Lipinski definition) is 2. The standard InChI is InChI=1S/C27H20N4O2S3/c28-12-18(25-29-20-7-3-4-8-22(20)36-25)21(32)14-35-27-30-24(33)23-19(13-34-26(23)31-27)17-10-9-15-5-1-2-6-16(15)11-17/h3-4,7-11,13,32H,1-2,5-6,14H2,(H,30,31,33)/b21-18-. The summed E-state index contributed by atoms with van der Waals surface area (Å²) >= 11 is 3.98. The van der Waals surface area contributed by atoms with E-state index >= 15 is 0 Å². The summed E-state index contributed by atoms with van der Waals surface area (Å²) in [7, 11) is 0. The van der Waals surface area contributed by atoms with Gasteiger partial charge < -0.3 is 10.1 Å². The van der Waals surface area contributed by atoms with Gasteiger partial charge in [-0.25, -0.2) is 9.97 Å². The highest BCUT2D eigenvalue weighted by Crippen LogP contribution is 2.35. The first-order chi connectivity index (χ1) is 17.6. The molecule has 6 nitrogen and oxygen atoms in total. The van der Waals surface area contributed by atoms with Gasteiger partial charge in [0.1, 0.15) is 27.2 Å². The number of thioether (sulfide) groups is 1. The van der Waals surface area contributed by atoms with Crippen molar-refractivity contribution in [3.05, 3.63) is 80.1 Å². The van der Waals surface area contributed by atoms with Gasteiger partial charge in [-0.05, 0) is 54.5 Å². The van der Waals surface area contributed by atoms with Crippen molar-refractivity contribution in [2.24, 2.45) is 0 Å². The third kappa shape index (κ3) is 4.22. The van der Waals surface area contributed by atoms with Gasteiger partial charge in [-0.15, -0.1) is 22.7 Å². The molecule has 0 unspecified atom stereocenters. The average Bonchev–Trinajstić information content (AvgIpc) is 3.52. The molecule has 0 fully saturated rings. The number of nitriles is 1. The molecule has 3 aromatic heterocycles. The lowest BCUT2D eigenvalue weighted by Gasteiger charge is -2.16. The van der Waals surface area contributed by atoms with Gasteiger partial charge in [0.05, 0.1) is 21.4 Å². The van der Waals surface area contributed by atoms with E-state index in [-0.39, 0.29) is 22.6 Å². The van der Waals surface area contributed by atoms with Gasteiger partial charge in [0.2, 0.25) is 0 Å². The lowest BCUT2D eigenvalue weighted by atomic mass is 9.89. The molecule has 1 aliphatic carbocycles. The number of benzene rings is 2. The van der Waals surface area contributed by atoms with Crippen molar-refractivity contribution < 1.29 is 5.11 Å². The maximum atomic E-state index is 13.1. The largest absolute Gasteiger partial charge is 0.510 e. The second-order valence-electron chi connectivity index (χ2n) is 8.60. The van der Waals surface area contributed by atoms with E-state index < -0.39 is 0 Å². The first-order valence-corrected chi connectivity index (χ1v) is 14.2. The predicted molar refractivity (Wildman–Crippen MR) is 148 cm³/mol. The molecule has 2 N–H and O–H groups in total. The normalized spacial score (nSPS) is 14.0. The molecule has 0 saturated heterocycles. The van der Waals surface area contributed by atoms with Crippen LogP contribution >= 0.6 is 34.4 Å². The fourth-order valence-electron chi connectivity index (χ4n) is 4.53. The Labute approximate surface area is 219 Å². The van der Waals surface area contributed by atoms with E-state index in [2.05, 4.69) is 39.2 Å². The summed E-state index contributed by atoms with van der Waals surface area (Å²) in [5, 5.41) is 23.8. The van der Waals surface area contributed by atoms with Gasteiger partial charge in [0.25, 0.3) is 5.56 Å². The van der Waals surface area contributed by atoms with Crippen molar-refractivity contribution in [3.8, 4) is 17.2 Å². The van der Waals surface area contributed by atoms with Gasteiger partial charge in [-0.2, -0.15) is 5.26 Å². The number of aryl methyl sites for hydroxylation is 2. The molecule has 0 bridgehead atoms. The number of rotatable bonds is 5. The molecule has 0 spiro atoms. The zero-order valence-electron chi connectivity index (χ0n) is 19.1. The topological polar surface area (TPSA) is 103 Å². The van der Waals surface area contributed by atoms with Crippen LogP contribution in [0.1, 0.15) is 29.0 Å². The van der Waals surface area contributed by atoms with Crippen molar-refractivity contribution in [3.63, 3.8) is 0 Å². The molecule has 0 radical (unpaired) electrons. The van der Waals surface area contributed by atoms with E-state index in [9.17, 15) is 15.2 Å². The van der Waals surface area contributed by atoms with Gasteiger partial charge in [0.15, 0.2) is 5.16 Å². The molecule has 3 heterocycles. The van der Waals surface area contributed by atoms with E-state index in [0.717, 1.165) is 34.2 Å². The number of aliphatic hydroxyl groups excluding tert-OH is 1. The summed E-state index contributed by atoms with van der Waals surface area (Å²) < 4.78 is 0.949. The average molecular weight is 529 g/mol. The smallest absolute Gasteiger partial charge is 0.260 e. The van der Waals surface area contributed by atoms with Gasteiger partial charge >= 0.3 is 0 Å². The zero-order valence-corrected chi connectivity index (χ0v) is 21.5. The molecular weight excluding hydrogens is 509 g/mol. The van der Waals surface area contributed by atoms with Crippen molar-refractivity contribution in [2.45, 2.75) is 30.8 Å². The van der Waals surface area contributed by atoms with Crippen LogP contribution in [0.3, 0.4) is 0 Å². The van der Waals surface area contributed by atoms with Crippen LogP contribution in [0.15, 0.2) is 63.6 Å². The van der Waals surface area contributed by atoms with Gasteiger partial charge in [-0.3, -0.25) is 4.79 Å². The molecule has 36 heavy (non-hydrogen) atoms.